The minimum Gasteiger partial charge on any atom is -0.467 e. The van der Waals surface area contributed by atoms with E-state index in [4.69, 9.17) is 15.2 Å². The van der Waals surface area contributed by atoms with Gasteiger partial charge in [-0.1, -0.05) is 30.3 Å². The molecule has 2 unspecified atom stereocenters. The van der Waals surface area contributed by atoms with Gasteiger partial charge in [0.25, 0.3) is 0 Å². The summed E-state index contributed by atoms with van der Waals surface area (Å²) in [7, 11) is 1.17. The number of hydrogen-bond acceptors (Lipinski definition) is 7. The molecule has 0 fully saturated rings. The number of alkyl carbamates (subject to hydrolysis) is 1. The molecule has 1 rings (SSSR count). The number of methoxy groups -OCH3 is 1. The summed E-state index contributed by atoms with van der Waals surface area (Å²) in [6.45, 7) is 4.97. The second-order valence-corrected chi connectivity index (χ2v) is 7.45. The maximum Gasteiger partial charge on any atom is 0.408 e. The Balaban J connectivity index is 2.76. The highest BCUT2D eigenvalue weighted by atomic mass is 16.6. The van der Waals surface area contributed by atoms with E-state index in [0.29, 0.717) is 0 Å². The SMILES string of the molecule is COC(=O)C(COCc1ccccc1)NC(=O)C(CC(N)=O)NC(=O)OC(C)(C)C. The first kappa shape index (κ1) is 24.9. The van der Waals surface area contributed by atoms with E-state index in [1.807, 2.05) is 30.3 Å². The summed E-state index contributed by atoms with van der Waals surface area (Å²) in [6, 6.07) is 6.75. The van der Waals surface area contributed by atoms with Crippen LogP contribution in [0.4, 0.5) is 4.79 Å². The van der Waals surface area contributed by atoms with Gasteiger partial charge in [-0.2, -0.15) is 0 Å². The first-order valence-electron chi connectivity index (χ1n) is 9.29. The lowest BCUT2D eigenvalue weighted by Crippen LogP contribution is -2.54. The average molecular weight is 423 g/mol. The molecule has 0 bridgehead atoms. The van der Waals surface area contributed by atoms with Crippen LogP contribution in [0.3, 0.4) is 0 Å². The molecule has 0 aromatic heterocycles. The molecule has 0 saturated heterocycles. The van der Waals surface area contributed by atoms with Crippen LogP contribution < -0.4 is 16.4 Å². The third kappa shape index (κ3) is 9.87. The number of ether oxygens (including phenoxy) is 3. The molecule has 0 heterocycles. The molecule has 1 aromatic carbocycles. The molecule has 0 radical (unpaired) electrons. The highest BCUT2D eigenvalue weighted by Gasteiger charge is 2.30. The number of esters is 1. The Kier molecular flexibility index (Phi) is 9.76. The fraction of sp³-hybridized carbons (Fsp3) is 0.500. The highest BCUT2D eigenvalue weighted by Crippen LogP contribution is 2.08. The van der Waals surface area contributed by atoms with Crippen LogP contribution in [0.15, 0.2) is 30.3 Å². The third-order valence-electron chi connectivity index (χ3n) is 3.61. The predicted octanol–water partition coefficient (Wildman–Crippen LogP) is 0.630. The number of carbonyl (C=O) groups excluding carboxylic acids is 4. The summed E-state index contributed by atoms with van der Waals surface area (Å²) in [5.41, 5.74) is 5.24. The zero-order valence-corrected chi connectivity index (χ0v) is 17.6. The van der Waals surface area contributed by atoms with E-state index < -0.39 is 48.0 Å². The van der Waals surface area contributed by atoms with E-state index in [9.17, 15) is 19.2 Å². The van der Waals surface area contributed by atoms with E-state index in [2.05, 4.69) is 15.4 Å². The number of primary amides is 1. The Morgan fingerprint density at radius 1 is 1.03 bits per heavy atom. The molecule has 4 N–H and O–H groups in total. The number of benzene rings is 1. The number of amides is 3. The number of nitrogens with one attached hydrogen (secondary N) is 2. The molecule has 0 aliphatic rings. The van der Waals surface area contributed by atoms with Crippen molar-refractivity contribution in [3.05, 3.63) is 35.9 Å². The van der Waals surface area contributed by atoms with Crippen molar-refractivity contribution >= 4 is 23.9 Å². The molecule has 0 saturated carbocycles. The summed E-state index contributed by atoms with van der Waals surface area (Å²) < 4.78 is 15.3. The van der Waals surface area contributed by atoms with E-state index in [-0.39, 0.29) is 13.2 Å². The molecule has 30 heavy (non-hydrogen) atoms. The quantitative estimate of drug-likeness (QED) is 0.468. The largest absolute Gasteiger partial charge is 0.467 e. The highest BCUT2D eigenvalue weighted by molar-refractivity contribution is 5.93. The van der Waals surface area contributed by atoms with Gasteiger partial charge >= 0.3 is 12.1 Å². The molecule has 0 spiro atoms. The molecule has 2 atom stereocenters. The van der Waals surface area contributed by atoms with Crippen LogP contribution in [0.2, 0.25) is 0 Å². The summed E-state index contributed by atoms with van der Waals surface area (Å²) in [4.78, 5) is 47.9. The fourth-order valence-electron chi connectivity index (χ4n) is 2.31. The van der Waals surface area contributed by atoms with E-state index in [1.54, 1.807) is 20.8 Å². The van der Waals surface area contributed by atoms with Crippen LogP contribution in [0.1, 0.15) is 32.8 Å². The van der Waals surface area contributed by atoms with Gasteiger partial charge in [0.15, 0.2) is 6.04 Å². The third-order valence-corrected chi connectivity index (χ3v) is 3.61. The van der Waals surface area contributed by atoms with Gasteiger partial charge in [0.2, 0.25) is 11.8 Å². The molecular weight excluding hydrogens is 394 g/mol. The summed E-state index contributed by atoms with van der Waals surface area (Å²) in [5.74, 6) is -2.37. The van der Waals surface area contributed by atoms with Crippen molar-refractivity contribution in [1.29, 1.82) is 0 Å². The van der Waals surface area contributed by atoms with E-state index in [0.717, 1.165) is 5.56 Å². The topological polar surface area (TPSA) is 146 Å². The number of rotatable bonds is 10. The predicted molar refractivity (Wildman–Crippen MR) is 107 cm³/mol. The molecule has 0 aliphatic heterocycles. The molecule has 10 heteroatoms. The zero-order valence-electron chi connectivity index (χ0n) is 17.6. The molecular formula is C20H29N3O7. The van der Waals surface area contributed by atoms with Gasteiger partial charge in [-0.25, -0.2) is 9.59 Å². The fourth-order valence-corrected chi connectivity index (χ4v) is 2.31. The summed E-state index contributed by atoms with van der Waals surface area (Å²) >= 11 is 0. The van der Waals surface area contributed by atoms with Gasteiger partial charge < -0.3 is 30.6 Å². The van der Waals surface area contributed by atoms with Gasteiger partial charge in [-0.05, 0) is 26.3 Å². The normalized spacial score (nSPS) is 12.9. The lowest BCUT2D eigenvalue weighted by Gasteiger charge is -2.24. The van der Waals surface area contributed by atoms with Gasteiger partial charge in [-0.3, -0.25) is 9.59 Å². The van der Waals surface area contributed by atoms with Crippen molar-refractivity contribution in [1.82, 2.24) is 10.6 Å². The monoisotopic (exact) mass is 423 g/mol. The Hall–Kier alpha value is -3.14. The molecule has 1 aromatic rings. The summed E-state index contributed by atoms with van der Waals surface area (Å²) in [5, 5.41) is 4.69. The lowest BCUT2D eigenvalue weighted by molar-refractivity contribution is -0.147. The van der Waals surface area contributed by atoms with Crippen molar-refractivity contribution < 1.29 is 33.4 Å². The maximum absolute atomic E-state index is 12.6. The standard InChI is InChI=1S/C20H29N3O7/c1-20(2,3)30-19(27)23-14(10-16(21)24)17(25)22-15(18(26)28-4)12-29-11-13-8-6-5-7-9-13/h5-9,14-15H,10-12H2,1-4H3,(H2,21,24)(H,22,25)(H,23,27). The second kappa shape index (κ2) is 11.8. The van der Waals surface area contributed by atoms with Gasteiger partial charge in [0.1, 0.15) is 11.6 Å². The van der Waals surface area contributed by atoms with Crippen molar-refractivity contribution in [3.8, 4) is 0 Å². The van der Waals surface area contributed by atoms with Crippen LogP contribution in [0, 0.1) is 0 Å². The van der Waals surface area contributed by atoms with Crippen LogP contribution in [-0.4, -0.2) is 55.3 Å². The maximum atomic E-state index is 12.6. The lowest BCUT2D eigenvalue weighted by atomic mass is 10.1. The molecule has 0 aliphatic carbocycles. The van der Waals surface area contributed by atoms with Crippen molar-refractivity contribution in [2.75, 3.05) is 13.7 Å². The first-order valence-corrected chi connectivity index (χ1v) is 9.29. The van der Waals surface area contributed by atoms with Gasteiger partial charge in [0.05, 0.1) is 26.7 Å². The Morgan fingerprint density at radius 3 is 2.20 bits per heavy atom. The Labute approximate surface area is 175 Å². The molecule has 166 valence electrons. The smallest absolute Gasteiger partial charge is 0.408 e. The minimum absolute atomic E-state index is 0.178. The number of nitrogens with two attached hydrogens (primary N) is 1. The molecule has 10 nitrogen and oxygen atoms in total. The van der Waals surface area contributed by atoms with Crippen molar-refractivity contribution in [3.63, 3.8) is 0 Å². The van der Waals surface area contributed by atoms with Gasteiger partial charge in [-0.15, -0.1) is 0 Å². The molecule has 3 amide bonds. The van der Waals surface area contributed by atoms with Crippen LogP contribution >= 0.6 is 0 Å². The van der Waals surface area contributed by atoms with E-state index >= 15 is 0 Å². The van der Waals surface area contributed by atoms with Crippen LogP contribution in [0.25, 0.3) is 0 Å². The first-order chi connectivity index (χ1) is 14.0. The number of carbonyl (C=O) groups is 4. The van der Waals surface area contributed by atoms with Crippen LogP contribution in [-0.2, 0) is 35.2 Å². The summed E-state index contributed by atoms with van der Waals surface area (Å²) in [6.07, 6.45) is -1.39. The van der Waals surface area contributed by atoms with E-state index in [1.165, 1.54) is 7.11 Å². The van der Waals surface area contributed by atoms with Crippen LogP contribution in [0.5, 0.6) is 0 Å². The number of hydrogen-bond donors (Lipinski definition) is 3. The van der Waals surface area contributed by atoms with Gasteiger partial charge in [0, 0.05) is 0 Å². The van der Waals surface area contributed by atoms with Crippen molar-refractivity contribution in [2.24, 2.45) is 5.73 Å². The second-order valence-electron chi connectivity index (χ2n) is 7.45. The average Bonchev–Trinajstić information content (AvgIpc) is 2.65. The van der Waals surface area contributed by atoms with Crippen molar-refractivity contribution in [2.45, 2.75) is 51.5 Å². The Morgan fingerprint density at radius 2 is 1.67 bits per heavy atom. The minimum atomic E-state index is -1.33. The zero-order chi connectivity index (χ0) is 22.7. The Bertz CT molecular complexity index is 732.